The summed E-state index contributed by atoms with van der Waals surface area (Å²) in [5.74, 6) is 0.447. The normalized spacial score (nSPS) is 14.5. The zero-order valence-corrected chi connectivity index (χ0v) is 28.9. The Labute approximate surface area is 305 Å². The summed E-state index contributed by atoms with van der Waals surface area (Å²) >= 11 is 0. The van der Waals surface area contributed by atoms with Crippen molar-refractivity contribution in [2.45, 2.75) is 25.6 Å². The number of fused-ring (bicyclic) bond motifs is 7. The van der Waals surface area contributed by atoms with E-state index in [0.29, 0.717) is 76.9 Å². The van der Waals surface area contributed by atoms with Crippen LogP contribution in [-0.2, 0) is 14.2 Å². The van der Waals surface area contributed by atoms with Crippen molar-refractivity contribution in [2.75, 3.05) is 33.0 Å². The highest BCUT2D eigenvalue weighted by molar-refractivity contribution is 6.24. The molecule has 6 aromatic carbocycles. The van der Waals surface area contributed by atoms with Gasteiger partial charge < -0.3 is 28.4 Å². The Morgan fingerprint density at radius 3 is 1.77 bits per heavy atom. The van der Waals surface area contributed by atoms with Gasteiger partial charge in [0.2, 0.25) is 0 Å². The first-order valence-corrected chi connectivity index (χ1v) is 17.7. The van der Waals surface area contributed by atoms with Crippen molar-refractivity contribution in [1.82, 2.24) is 9.97 Å². The molecule has 0 radical (unpaired) electrons. The molecule has 1 aliphatic rings. The summed E-state index contributed by atoms with van der Waals surface area (Å²) < 4.78 is 34.6. The maximum absolute atomic E-state index is 13.0. The van der Waals surface area contributed by atoms with Gasteiger partial charge >= 0.3 is 11.9 Å². The molecule has 10 nitrogen and oxygen atoms in total. The summed E-state index contributed by atoms with van der Waals surface area (Å²) in [5, 5.41) is 3.24. The van der Waals surface area contributed by atoms with E-state index >= 15 is 0 Å². The zero-order valence-electron chi connectivity index (χ0n) is 28.9. The Morgan fingerprint density at radius 1 is 0.585 bits per heavy atom. The smallest absolute Gasteiger partial charge is 0.343 e. The molecular formula is C43H36N2O8. The van der Waals surface area contributed by atoms with Crippen LogP contribution in [0.25, 0.3) is 43.6 Å². The number of hydrogen-bond acceptors (Lipinski definition) is 10. The summed E-state index contributed by atoms with van der Waals surface area (Å²) in [6.45, 7) is 2.41. The minimum Gasteiger partial charge on any atom is -0.491 e. The lowest BCUT2D eigenvalue weighted by Crippen LogP contribution is -2.24. The molecule has 0 saturated carbocycles. The van der Waals surface area contributed by atoms with E-state index in [9.17, 15) is 9.59 Å². The SMILES string of the molecule is O=C(Oc1ccc2c3ccc(OC(=O)c4ccccc4)cc3c3nc4cc(OCCOCCOC5CCCCO5)ccc4nc3c2c1)c1ccccc1. The van der Waals surface area contributed by atoms with E-state index < -0.39 is 11.9 Å². The number of benzene rings is 6. The molecule has 1 atom stereocenters. The molecule has 0 aliphatic carbocycles. The third kappa shape index (κ3) is 7.80. The average molecular weight is 709 g/mol. The number of hydrogen-bond donors (Lipinski definition) is 0. The molecule has 8 rings (SSSR count). The number of rotatable bonds is 12. The van der Waals surface area contributed by atoms with Gasteiger partial charge in [0, 0.05) is 23.4 Å². The van der Waals surface area contributed by atoms with Crippen LogP contribution in [0.15, 0.2) is 115 Å². The van der Waals surface area contributed by atoms with Gasteiger partial charge in [0.15, 0.2) is 6.29 Å². The summed E-state index contributed by atoms with van der Waals surface area (Å²) in [7, 11) is 0. The van der Waals surface area contributed by atoms with Gasteiger partial charge in [-0.1, -0.05) is 36.4 Å². The fourth-order valence-electron chi connectivity index (χ4n) is 6.42. The topological polar surface area (TPSA) is 115 Å². The van der Waals surface area contributed by atoms with Crippen LogP contribution in [0.4, 0.5) is 0 Å². The largest absolute Gasteiger partial charge is 0.491 e. The average Bonchev–Trinajstić information content (AvgIpc) is 3.21. The van der Waals surface area contributed by atoms with Crippen LogP contribution in [-0.4, -0.2) is 61.2 Å². The van der Waals surface area contributed by atoms with E-state index in [1.54, 1.807) is 60.7 Å². The number of esters is 2. The van der Waals surface area contributed by atoms with Gasteiger partial charge in [-0.05, 0) is 103 Å². The molecule has 266 valence electrons. The van der Waals surface area contributed by atoms with Gasteiger partial charge in [0.05, 0.1) is 53.0 Å². The van der Waals surface area contributed by atoms with Crippen LogP contribution in [0.5, 0.6) is 17.2 Å². The van der Waals surface area contributed by atoms with Crippen LogP contribution >= 0.6 is 0 Å². The van der Waals surface area contributed by atoms with E-state index in [2.05, 4.69) is 0 Å². The van der Waals surface area contributed by atoms with Gasteiger partial charge in [0.1, 0.15) is 23.9 Å². The van der Waals surface area contributed by atoms with Gasteiger partial charge in [-0.3, -0.25) is 0 Å². The van der Waals surface area contributed by atoms with E-state index in [4.69, 9.17) is 38.4 Å². The lowest BCUT2D eigenvalue weighted by Gasteiger charge is -2.22. The van der Waals surface area contributed by atoms with Crippen molar-refractivity contribution in [2.24, 2.45) is 0 Å². The van der Waals surface area contributed by atoms with Gasteiger partial charge in [-0.2, -0.15) is 0 Å². The Hall–Kier alpha value is -5.94. The molecule has 53 heavy (non-hydrogen) atoms. The molecule has 1 aliphatic heterocycles. The van der Waals surface area contributed by atoms with Crippen LogP contribution in [0.1, 0.15) is 40.0 Å². The predicted molar refractivity (Wildman–Crippen MR) is 201 cm³/mol. The minimum absolute atomic E-state index is 0.136. The maximum atomic E-state index is 13.0. The van der Waals surface area contributed by atoms with Crippen molar-refractivity contribution in [1.29, 1.82) is 0 Å². The van der Waals surface area contributed by atoms with Crippen molar-refractivity contribution in [3.8, 4) is 17.2 Å². The molecule has 1 unspecified atom stereocenters. The lowest BCUT2D eigenvalue weighted by molar-refractivity contribution is -0.169. The molecule has 1 saturated heterocycles. The monoisotopic (exact) mass is 708 g/mol. The predicted octanol–water partition coefficient (Wildman–Crippen LogP) is 8.47. The second-order valence-corrected chi connectivity index (χ2v) is 12.6. The van der Waals surface area contributed by atoms with Gasteiger partial charge in [-0.15, -0.1) is 0 Å². The van der Waals surface area contributed by atoms with Crippen LogP contribution < -0.4 is 14.2 Å². The fourth-order valence-corrected chi connectivity index (χ4v) is 6.42. The van der Waals surface area contributed by atoms with Crippen molar-refractivity contribution in [3.05, 3.63) is 126 Å². The van der Waals surface area contributed by atoms with Crippen molar-refractivity contribution >= 4 is 55.6 Å². The Bertz CT molecular complexity index is 2410. The standard InChI is InChI=1S/C43H36N2O8/c46-42(28-9-3-1-4-10-28)52-31-14-17-33-34-18-15-32(53-43(47)29-11-5-2-6-12-29)26-36(34)41-40(35(33)25-31)44-37-19-16-30(27-38(37)45-41)49-23-21-48-22-24-51-39-13-7-8-20-50-39/h1-6,9-12,14-19,25-27,39H,7-8,13,20-24H2. The summed E-state index contributed by atoms with van der Waals surface area (Å²) in [5.41, 5.74) is 3.36. The van der Waals surface area contributed by atoms with Crippen LogP contribution in [0.2, 0.25) is 0 Å². The highest BCUT2D eigenvalue weighted by Gasteiger charge is 2.18. The Kier molecular flexibility index (Phi) is 10.2. The third-order valence-corrected chi connectivity index (χ3v) is 9.02. The molecule has 0 spiro atoms. The zero-order chi connectivity index (χ0) is 36.0. The first-order chi connectivity index (χ1) is 26.1. The van der Waals surface area contributed by atoms with Crippen LogP contribution in [0, 0.1) is 0 Å². The molecule has 1 aromatic heterocycles. The number of carbonyl (C=O) groups excluding carboxylic acids is 2. The van der Waals surface area contributed by atoms with Crippen molar-refractivity contribution < 1.29 is 38.0 Å². The number of carbonyl (C=O) groups is 2. The number of nitrogens with zero attached hydrogens (tertiary/aromatic N) is 2. The van der Waals surface area contributed by atoms with Gasteiger partial charge in [-0.25, -0.2) is 19.6 Å². The maximum Gasteiger partial charge on any atom is 0.343 e. The van der Waals surface area contributed by atoms with E-state index in [-0.39, 0.29) is 6.29 Å². The van der Waals surface area contributed by atoms with E-state index in [1.807, 2.05) is 54.6 Å². The molecule has 10 heteroatoms. The summed E-state index contributed by atoms with van der Waals surface area (Å²) in [4.78, 5) is 36.1. The molecule has 0 bridgehead atoms. The fraction of sp³-hybridized carbons (Fsp3) is 0.209. The van der Waals surface area contributed by atoms with Gasteiger partial charge in [0.25, 0.3) is 0 Å². The minimum atomic E-state index is -0.465. The Balaban J connectivity index is 1.10. The molecule has 2 heterocycles. The summed E-state index contributed by atoms with van der Waals surface area (Å²) in [6.07, 6.45) is 2.99. The number of aromatic nitrogens is 2. The quantitative estimate of drug-likeness (QED) is 0.0403. The summed E-state index contributed by atoms with van der Waals surface area (Å²) in [6, 6.07) is 34.2. The lowest BCUT2D eigenvalue weighted by atomic mass is 9.98. The molecule has 7 aromatic rings. The van der Waals surface area contributed by atoms with E-state index in [1.165, 1.54) is 0 Å². The highest BCUT2D eigenvalue weighted by atomic mass is 16.7. The van der Waals surface area contributed by atoms with E-state index in [0.717, 1.165) is 47.4 Å². The first kappa shape index (κ1) is 34.2. The highest BCUT2D eigenvalue weighted by Crippen LogP contribution is 2.38. The molecule has 0 N–H and O–H groups in total. The molecular weight excluding hydrogens is 672 g/mol. The first-order valence-electron chi connectivity index (χ1n) is 17.7. The number of ether oxygens (including phenoxy) is 6. The third-order valence-electron chi connectivity index (χ3n) is 9.02. The molecule has 0 amide bonds. The Morgan fingerprint density at radius 2 is 1.17 bits per heavy atom. The molecule has 1 fully saturated rings. The van der Waals surface area contributed by atoms with Crippen LogP contribution in [0.3, 0.4) is 0 Å². The van der Waals surface area contributed by atoms with Crippen molar-refractivity contribution in [3.63, 3.8) is 0 Å². The second kappa shape index (κ2) is 15.7. The second-order valence-electron chi connectivity index (χ2n) is 12.6.